The first-order chi connectivity index (χ1) is 15.0. The van der Waals surface area contributed by atoms with Crippen molar-refractivity contribution in [1.82, 2.24) is 0 Å². The summed E-state index contributed by atoms with van der Waals surface area (Å²) in [6.07, 6.45) is 4.96. The monoisotopic (exact) mass is 418 g/mol. The predicted molar refractivity (Wildman–Crippen MR) is 114 cm³/mol. The number of hydrogen-bond donors (Lipinski definition) is 1. The van der Waals surface area contributed by atoms with Crippen LogP contribution in [0.3, 0.4) is 0 Å². The first-order valence-electron chi connectivity index (χ1n) is 10.2. The molecule has 1 saturated heterocycles. The summed E-state index contributed by atoms with van der Waals surface area (Å²) in [5.41, 5.74) is 1.03. The van der Waals surface area contributed by atoms with E-state index in [1.807, 2.05) is 0 Å². The SMILES string of the molecule is COc1ccc(NC(=O)c2ccccc2N2C(=O)[C@@H]3[C@H](C2=O)[C@@H]2C=C[C@H]3C2)c(OC)c1. The van der Waals surface area contributed by atoms with Gasteiger partial charge in [0.05, 0.1) is 43.0 Å². The molecule has 2 bridgehead atoms. The second-order valence-electron chi connectivity index (χ2n) is 8.05. The van der Waals surface area contributed by atoms with Gasteiger partial charge < -0.3 is 14.8 Å². The van der Waals surface area contributed by atoms with Gasteiger partial charge in [0, 0.05) is 6.07 Å². The maximum absolute atomic E-state index is 13.2. The maximum atomic E-state index is 13.2. The Morgan fingerprint density at radius 2 is 1.65 bits per heavy atom. The van der Waals surface area contributed by atoms with Crippen LogP contribution in [0.5, 0.6) is 11.5 Å². The summed E-state index contributed by atoms with van der Waals surface area (Å²) in [5.74, 6) is -0.238. The number of para-hydroxylation sites is 1. The van der Waals surface area contributed by atoms with Gasteiger partial charge in [0.2, 0.25) is 11.8 Å². The van der Waals surface area contributed by atoms with Crippen molar-refractivity contribution in [2.45, 2.75) is 6.42 Å². The number of benzene rings is 2. The maximum Gasteiger partial charge on any atom is 0.257 e. The minimum Gasteiger partial charge on any atom is -0.497 e. The zero-order valence-electron chi connectivity index (χ0n) is 17.2. The van der Waals surface area contributed by atoms with Gasteiger partial charge in [0.1, 0.15) is 11.5 Å². The molecule has 1 N–H and O–H groups in total. The molecule has 7 nitrogen and oxygen atoms in total. The summed E-state index contributed by atoms with van der Waals surface area (Å²) in [5, 5.41) is 2.82. The molecule has 2 aliphatic carbocycles. The molecule has 2 aromatic carbocycles. The van der Waals surface area contributed by atoms with Gasteiger partial charge in [-0.15, -0.1) is 0 Å². The first-order valence-corrected chi connectivity index (χ1v) is 10.2. The second kappa shape index (κ2) is 7.27. The minimum atomic E-state index is -0.433. The third-order valence-corrected chi connectivity index (χ3v) is 6.52. The largest absolute Gasteiger partial charge is 0.497 e. The summed E-state index contributed by atoms with van der Waals surface area (Å²) in [4.78, 5) is 40.8. The van der Waals surface area contributed by atoms with Gasteiger partial charge in [-0.25, -0.2) is 4.90 Å². The lowest BCUT2D eigenvalue weighted by atomic mass is 9.85. The van der Waals surface area contributed by atoms with E-state index >= 15 is 0 Å². The molecule has 0 unspecified atom stereocenters. The number of carbonyl (C=O) groups is 3. The average Bonchev–Trinajstić information content (AvgIpc) is 3.47. The Labute approximate surface area is 179 Å². The highest BCUT2D eigenvalue weighted by Gasteiger charge is 2.59. The Balaban J connectivity index is 1.46. The van der Waals surface area contributed by atoms with Crippen molar-refractivity contribution < 1.29 is 23.9 Å². The number of anilines is 2. The van der Waals surface area contributed by atoms with Crippen molar-refractivity contribution >= 4 is 29.1 Å². The zero-order valence-corrected chi connectivity index (χ0v) is 17.2. The number of hydrogen-bond acceptors (Lipinski definition) is 5. The minimum absolute atomic E-state index is 0.112. The fraction of sp³-hybridized carbons (Fsp3) is 0.292. The van der Waals surface area contributed by atoms with Gasteiger partial charge in [-0.05, 0) is 42.5 Å². The highest BCUT2D eigenvalue weighted by Crippen LogP contribution is 2.53. The van der Waals surface area contributed by atoms with E-state index in [2.05, 4.69) is 17.5 Å². The average molecular weight is 418 g/mol. The van der Waals surface area contributed by atoms with Gasteiger partial charge in [-0.3, -0.25) is 14.4 Å². The Bertz CT molecular complexity index is 1090. The molecule has 2 aromatic rings. The van der Waals surface area contributed by atoms with E-state index in [0.717, 1.165) is 6.42 Å². The molecule has 4 atom stereocenters. The standard InChI is InChI=1S/C24H22N2O5/c1-30-15-9-10-17(19(12-15)31-2)25-22(27)16-5-3-4-6-18(16)26-23(28)20-13-7-8-14(11-13)21(20)24(26)29/h3-10,12-14,20-21H,11H2,1-2H3,(H,25,27)/t13-,14+,20-,21+. The van der Waals surface area contributed by atoms with Crippen LogP contribution >= 0.6 is 0 Å². The fourth-order valence-corrected chi connectivity index (χ4v) is 5.09. The van der Waals surface area contributed by atoms with E-state index in [1.54, 1.807) is 49.6 Å². The van der Waals surface area contributed by atoms with E-state index < -0.39 is 5.91 Å². The molecule has 158 valence electrons. The van der Waals surface area contributed by atoms with Crippen molar-refractivity contribution in [2.75, 3.05) is 24.4 Å². The topological polar surface area (TPSA) is 84.9 Å². The Hall–Kier alpha value is -3.61. The lowest BCUT2D eigenvalue weighted by Gasteiger charge is -2.20. The van der Waals surface area contributed by atoms with Gasteiger partial charge in [0.15, 0.2) is 0 Å². The van der Waals surface area contributed by atoms with E-state index in [0.29, 0.717) is 22.9 Å². The molecule has 7 heteroatoms. The van der Waals surface area contributed by atoms with Gasteiger partial charge in [-0.1, -0.05) is 24.3 Å². The summed E-state index contributed by atoms with van der Waals surface area (Å²) >= 11 is 0. The number of imide groups is 1. The molecule has 31 heavy (non-hydrogen) atoms. The summed E-state index contributed by atoms with van der Waals surface area (Å²) in [6.45, 7) is 0. The molecular formula is C24H22N2O5. The van der Waals surface area contributed by atoms with E-state index in [-0.39, 0.29) is 41.0 Å². The molecule has 0 aromatic heterocycles. The number of carbonyl (C=O) groups excluding carboxylic acids is 3. The Kier molecular flexibility index (Phi) is 4.54. The molecule has 1 heterocycles. The van der Waals surface area contributed by atoms with E-state index in [9.17, 15) is 14.4 Å². The van der Waals surface area contributed by atoms with Crippen molar-refractivity contribution in [3.63, 3.8) is 0 Å². The van der Waals surface area contributed by atoms with Crippen LogP contribution in [-0.4, -0.2) is 31.9 Å². The number of allylic oxidation sites excluding steroid dienone is 2. The first kappa shape index (κ1) is 19.4. The quantitative estimate of drug-likeness (QED) is 0.595. The van der Waals surface area contributed by atoms with E-state index in [1.165, 1.54) is 12.0 Å². The van der Waals surface area contributed by atoms with Crippen LogP contribution in [0.25, 0.3) is 0 Å². The van der Waals surface area contributed by atoms with Crippen LogP contribution in [0.1, 0.15) is 16.8 Å². The molecule has 5 rings (SSSR count). The summed E-state index contributed by atoms with van der Waals surface area (Å²) < 4.78 is 10.5. The van der Waals surface area contributed by atoms with E-state index in [4.69, 9.17) is 9.47 Å². The number of nitrogens with one attached hydrogen (secondary N) is 1. The number of rotatable bonds is 5. The number of methoxy groups -OCH3 is 2. The van der Waals surface area contributed by atoms with Crippen LogP contribution in [0.2, 0.25) is 0 Å². The van der Waals surface area contributed by atoms with Crippen molar-refractivity contribution in [1.29, 1.82) is 0 Å². The van der Waals surface area contributed by atoms with Crippen LogP contribution in [-0.2, 0) is 9.59 Å². The summed E-state index contributed by atoms with van der Waals surface area (Å²) in [6, 6.07) is 11.7. The van der Waals surface area contributed by atoms with Crippen molar-refractivity contribution in [3.05, 3.63) is 60.2 Å². The third kappa shape index (κ3) is 2.91. The van der Waals surface area contributed by atoms with Gasteiger partial charge in [0.25, 0.3) is 5.91 Å². The number of ether oxygens (including phenoxy) is 2. The lowest BCUT2D eigenvalue weighted by Crippen LogP contribution is -2.34. The van der Waals surface area contributed by atoms with Crippen LogP contribution in [0.4, 0.5) is 11.4 Å². The number of nitrogens with zero attached hydrogens (tertiary/aromatic N) is 1. The molecule has 2 fully saturated rings. The third-order valence-electron chi connectivity index (χ3n) is 6.52. The fourth-order valence-electron chi connectivity index (χ4n) is 5.09. The van der Waals surface area contributed by atoms with Gasteiger partial charge in [-0.2, -0.15) is 0 Å². The zero-order chi connectivity index (χ0) is 21.7. The molecular weight excluding hydrogens is 396 g/mol. The van der Waals surface area contributed by atoms with Crippen LogP contribution < -0.4 is 19.7 Å². The Morgan fingerprint density at radius 1 is 0.968 bits per heavy atom. The van der Waals surface area contributed by atoms with Gasteiger partial charge >= 0.3 is 0 Å². The normalized spacial score (nSPS) is 25.7. The van der Waals surface area contributed by atoms with Crippen LogP contribution in [0.15, 0.2) is 54.6 Å². The molecule has 1 saturated carbocycles. The smallest absolute Gasteiger partial charge is 0.257 e. The highest BCUT2D eigenvalue weighted by molar-refractivity contribution is 6.25. The summed E-state index contributed by atoms with van der Waals surface area (Å²) in [7, 11) is 3.05. The molecule has 3 aliphatic rings. The van der Waals surface area contributed by atoms with Crippen molar-refractivity contribution in [3.8, 4) is 11.5 Å². The number of fused-ring (bicyclic) bond motifs is 5. The highest BCUT2D eigenvalue weighted by atomic mass is 16.5. The molecule has 0 radical (unpaired) electrons. The second-order valence-corrected chi connectivity index (χ2v) is 8.05. The van der Waals surface area contributed by atoms with Crippen LogP contribution in [0, 0.1) is 23.7 Å². The molecule has 0 spiro atoms. The predicted octanol–water partition coefficient (Wildman–Crippen LogP) is 3.27. The number of amides is 3. The lowest BCUT2D eigenvalue weighted by molar-refractivity contribution is -0.123. The Morgan fingerprint density at radius 3 is 2.29 bits per heavy atom. The van der Waals surface area contributed by atoms with Crippen molar-refractivity contribution in [2.24, 2.45) is 23.7 Å². The molecule has 1 aliphatic heterocycles. The molecule has 3 amide bonds.